The highest BCUT2D eigenvalue weighted by atomic mass is 32.2. The average Bonchev–Trinajstić information content (AvgIpc) is 3.18. The lowest BCUT2D eigenvalue weighted by atomic mass is 10.2. The molecule has 2 heterocycles. The molecule has 1 aromatic heterocycles. The van der Waals surface area contributed by atoms with E-state index in [9.17, 15) is 4.79 Å². The minimum Gasteiger partial charge on any atom is -0.478 e. The number of hydrogen-bond donors (Lipinski definition) is 2. The van der Waals surface area contributed by atoms with Gasteiger partial charge in [-0.2, -0.15) is 0 Å². The molecule has 1 aliphatic rings. The van der Waals surface area contributed by atoms with Crippen LogP contribution in [-0.2, 0) is 7.05 Å². The van der Waals surface area contributed by atoms with Gasteiger partial charge in [-0.15, -0.1) is 0 Å². The van der Waals surface area contributed by atoms with Crippen LogP contribution in [0, 0.1) is 0 Å². The van der Waals surface area contributed by atoms with E-state index in [2.05, 4.69) is 14.9 Å². The Morgan fingerprint density at radius 2 is 2.23 bits per heavy atom. The molecule has 0 amide bonds. The maximum absolute atomic E-state index is 10.2. The SMILES string of the molecule is Cn1ccnc1SC[C@@H]1CCCN1.O=C(O)c1ccccc1. The predicted octanol–water partition coefficient (Wildman–Crippen LogP) is 2.65. The highest BCUT2D eigenvalue weighted by Crippen LogP contribution is 2.18. The van der Waals surface area contributed by atoms with Crippen LogP contribution in [0.4, 0.5) is 0 Å². The number of thioether (sulfide) groups is 1. The second-order valence-electron chi connectivity index (χ2n) is 5.10. The second-order valence-corrected chi connectivity index (χ2v) is 6.08. The fourth-order valence-electron chi connectivity index (χ4n) is 2.15. The first kappa shape index (κ1) is 16.6. The highest BCUT2D eigenvalue weighted by Gasteiger charge is 2.14. The molecule has 2 aromatic rings. The van der Waals surface area contributed by atoms with Crippen LogP contribution in [-0.4, -0.2) is 39.0 Å². The first-order chi connectivity index (χ1) is 10.7. The van der Waals surface area contributed by atoms with Crippen molar-refractivity contribution in [1.29, 1.82) is 0 Å². The van der Waals surface area contributed by atoms with Gasteiger partial charge in [-0.1, -0.05) is 30.0 Å². The van der Waals surface area contributed by atoms with Crippen LogP contribution in [0.1, 0.15) is 23.2 Å². The molecule has 3 rings (SSSR count). The Morgan fingerprint density at radius 1 is 1.45 bits per heavy atom. The summed E-state index contributed by atoms with van der Waals surface area (Å²) < 4.78 is 2.07. The van der Waals surface area contributed by atoms with Crippen LogP contribution < -0.4 is 5.32 Å². The van der Waals surface area contributed by atoms with Gasteiger partial charge in [-0.05, 0) is 31.5 Å². The standard InChI is InChI=1S/C9H15N3S.C7H6O2/c1-12-6-5-11-9(12)13-7-8-3-2-4-10-8;8-7(9)6-4-2-1-3-5-6/h5-6,8,10H,2-4,7H2,1H3;1-5H,(H,8,9)/t8-;/m0./s1. The van der Waals surface area contributed by atoms with Gasteiger partial charge in [-0.3, -0.25) is 0 Å². The predicted molar refractivity (Wildman–Crippen MR) is 88.4 cm³/mol. The molecule has 0 radical (unpaired) electrons. The Balaban J connectivity index is 0.000000172. The topological polar surface area (TPSA) is 67.2 Å². The van der Waals surface area contributed by atoms with E-state index in [-0.39, 0.29) is 0 Å². The quantitative estimate of drug-likeness (QED) is 0.848. The van der Waals surface area contributed by atoms with E-state index in [0.29, 0.717) is 11.6 Å². The number of aromatic carboxylic acids is 1. The summed E-state index contributed by atoms with van der Waals surface area (Å²) in [6.07, 6.45) is 6.48. The molecule has 0 saturated carbocycles. The van der Waals surface area contributed by atoms with Crippen molar-refractivity contribution in [2.45, 2.75) is 24.0 Å². The van der Waals surface area contributed by atoms with E-state index in [0.717, 1.165) is 10.9 Å². The zero-order valence-corrected chi connectivity index (χ0v) is 13.4. The molecule has 0 aliphatic carbocycles. The zero-order valence-electron chi connectivity index (χ0n) is 12.6. The molecule has 0 unspecified atom stereocenters. The number of benzene rings is 1. The smallest absolute Gasteiger partial charge is 0.335 e. The van der Waals surface area contributed by atoms with E-state index in [1.54, 1.807) is 30.3 Å². The van der Waals surface area contributed by atoms with Crippen molar-refractivity contribution in [3.8, 4) is 0 Å². The molecule has 0 bridgehead atoms. The number of carbonyl (C=O) groups is 1. The summed E-state index contributed by atoms with van der Waals surface area (Å²) in [6.45, 7) is 1.19. The van der Waals surface area contributed by atoms with Crippen molar-refractivity contribution >= 4 is 17.7 Å². The summed E-state index contributed by atoms with van der Waals surface area (Å²) in [7, 11) is 2.04. The maximum Gasteiger partial charge on any atom is 0.335 e. The summed E-state index contributed by atoms with van der Waals surface area (Å²) in [6, 6.07) is 8.99. The number of aromatic nitrogens is 2. The fraction of sp³-hybridized carbons (Fsp3) is 0.375. The Bertz CT molecular complexity index is 580. The van der Waals surface area contributed by atoms with E-state index in [1.165, 1.54) is 19.4 Å². The molecule has 118 valence electrons. The summed E-state index contributed by atoms with van der Waals surface area (Å²) in [5.41, 5.74) is 0.331. The Kier molecular flexibility index (Phi) is 6.48. The lowest BCUT2D eigenvalue weighted by molar-refractivity contribution is 0.0697. The number of nitrogens with one attached hydrogen (secondary N) is 1. The minimum absolute atomic E-state index is 0.331. The van der Waals surface area contributed by atoms with Gasteiger partial charge in [0.2, 0.25) is 0 Å². The molecule has 1 saturated heterocycles. The van der Waals surface area contributed by atoms with Crippen molar-refractivity contribution in [2.24, 2.45) is 7.05 Å². The molecule has 1 aliphatic heterocycles. The first-order valence-electron chi connectivity index (χ1n) is 7.28. The molecule has 0 spiro atoms. The van der Waals surface area contributed by atoms with E-state index < -0.39 is 5.97 Å². The van der Waals surface area contributed by atoms with Gasteiger partial charge in [-0.25, -0.2) is 9.78 Å². The van der Waals surface area contributed by atoms with Crippen LogP contribution >= 0.6 is 11.8 Å². The normalized spacial score (nSPS) is 16.9. The lowest BCUT2D eigenvalue weighted by Crippen LogP contribution is -2.23. The average molecular weight is 319 g/mol. The molecule has 2 N–H and O–H groups in total. The van der Waals surface area contributed by atoms with Crippen LogP contribution in [0.5, 0.6) is 0 Å². The van der Waals surface area contributed by atoms with Crippen molar-refractivity contribution < 1.29 is 9.90 Å². The molecule has 1 atom stereocenters. The molecule has 1 aromatic carbocycles. The van der Waals surface area contributed by atoms with Crippen LogP contribution in [0.3, 0.4) is 0 Å². The number of nitrogens with zero attached hydrogens (tertiary/aromatic N) is 2. The Labute approximate surface area is 134 Å². The number of aryl methyl sites for hydroxylation is 1. The highest BCUT2D eigenvalue weighted by molar-refractivity contribution is 7.99. The summed E-state index contributed by atoms with van der Waals surface area (Å²) in [5.74, 6) is 0.265. The third-order valence-electron chi connectivity index (χ3n) is 3.37. The van der Waals surface area contributed by atoms with Crippen molar-refractivity contribution in [3.05, 3.63) is 48.3 Å². The number of carboxylic acids is 1. The Morgan fingerprint density at radius 3 is 2.73 bits per heavy atom. The van der Waals surface area contributed by atoms with Crippen molar-refractivity contribution in [2.75, 3.05) is 12.3 Å². The summed E-state index contributed by atoms with van der Waals surface area (Å²) in [4.78, 5) is 14.5. The molecule has 1 fully saturated rings. The van der Waals surface area contributed by atoms with Crippen molar-refractivity contribution in [1.82, 2.24) is 14.9 Å². The molecule has 22 heavy (non-hydrogen) atoms. The third-order valence-corrected chi connectivity index (χ3v) is 4.59. The molecular weight excluding hydrogens is 298 g/mol. The van der Waals surface area contributed by atoms with Gasteiger partial charge < -0.3 is 15.0 Å². The van der Waals surface area contributed by atoms with Gasteiger partial charge in [0.25, 0.3) is 0 Å². The van der Waals surface area contributed by atoms with E-state index in [4.69, 9.17) is 5.11 Å². The second kappa shape index (κ2) is 8.60. The van der Waals surface area contributed by atoms with Gasteiger partial charge in [0.05, 0.1) is 5.56 Å². The number of rotatable bonds is 4. The third kappa shape index (κ3) is 5.20. The Hall–Kier alpha value is -1.79. The number of imidazole rings is 1. The van der Waals surface area contributed by atoms with E-state index in [1.807, 2.05) is 31.2 Å². The van der Waals surface area contributed by atoms with Crippen molar-refractivity contribution in [3.63, 3.8) is 0 Å². The summed E-state index contributed by atoms with van der Waals surface area (Å²) >= 11 is 1.84. The zero-order chi connectivity index (χ0) is 15.8. The van der Waals surface area contributed by atoms with Crippen LogP contribution in [0.2, 0.25) is 0 Å². The molecular formula is C16H21N3O2S. The largest absolute Gasteiger partial charge is 0.478 e. The van der Waals surface area contributed by atoms with E-state index >= 15 is 0 Å². The number of hydrogen-bond acceptors (Lipinski definition) is 4. The van der Waals surface area contributed by atoms with Gasteiger partial charge in [0, 0.05) is 31.2 Å². The number of carboxylic acid groups (broad SMARTS) is 1. The maximum atomic E-state index is 10.2. The monoisotopic (exact) mass is 319 g/mol. The van der Waals surface area contributed by atoms with Gasteiger partial charge >= 0.3 is 5.97 Å². The van der Waals surface area contributed by atoms with Gasteiger partial charge in [0.1, 0.15) is 0 Å². The first-order valence-corrected chi connectivity index (χ1v) is 8.27. The van der Waals surface area contributed by atoms with Crippen LogP contribution in [0.25, 0.3) is 0 Å². The minimum atomic E-state index is -0.879. The van der Waals surface area contributed by atoms with Gasteiger partial charge in [0.15, 0.2) is 5.16 Å². The lowest BCUT2D eigenvalue weighted by Gasteiger charge is -2.08. The summed E-state index contributed by atoms with van der Waals surface area (Å²) in [5, 5.41) is 13.0. The fourth-order valence-corrected chi connectivity index (χ4v) is 3.18. The molecule has 5 nitrogen and oxygen atoms in total. The molecule has 6 heteroatoms. The van der Waals surface area contributed by atoms with Crippen LogP contribution in [0.15, 0.2) is 47.9 Å².